The van der Waals surface area contributed by atoms with Gasteiger partial charge in [0.05, 0.1) is 11.9 Å². The number of aryl methyl sites for hydroxylation is 2. The average Bonchev–Trinajstić information content (AvgIpc) is 3.23. The molecule has 1 aliphatic rings. The summed E-state index contributed by atoms with van der Waals surface area (Å²) in [4.78, 5) is 18.2. The molecule has 1 N–H and O–H groups in total. The number of rotatable bonds is 6. The zero-order chi connectivity index (χ0) is 19.6. The SMILES string of the molecule is CCCc1ccc(-c2nc(NC(=O)C3CCCN3S(C)(=O)=O)sc2C)cc1. The first-order valence-corrected chi connectivity index (χ1v) is 11.8. The number of hydrogen-bond donors (Lipinski definition) is 1. The summed E-state index contributed by atoms with van der Waals surface area (Å²) in [5, 5.41) is 3.32. The fourth-order valence-electron chi connectivity index (χ4n) is 3.42. The molecule has 1 amide bonds. The van der Waals surface area contributed by atoms with Crippen LogP contribution in [0.5, 0.6) is 0 Å². The zero-order valence-electron chi connectivity index (χ0n) is 15.9. The number of amides is 1. The molecule has 0 saturated carbocycles. The number of aromatic nitrogens is 1. The van der Waals surface area contributed by atoms with E-state index in [1.54, 1.807) is 0 Å². The molecule has 1 aromatic heterocycles. The quantitative estimate of drug-likeness (QED) is 0.796. The van der Waals surface area contributed by atoms with E-state index in [0.29, 0.717) is 24.5 Å². The van der Waals surface area contributed by atoms with Gasteiger partial charge in [-0.2, -0.15) is 4.31 Å². The predicted octanol–water partition coefficient (Wildman–Crippen LogP) is 3.43. The van der Waals surface area contributed by atoms with Crippen LogP contribution < -0.4 is 5.32 Å². The zero-order valence-corrected chi connectivity index (χ0v) is 17.5. The van der Waals surface area contributed by atoms with Crippen molar-refractivity contribution in [1.82, 2.24) is 9.29 Å². The lowest BCUT2D eigenvalue weighted by Crippen LogP contribution is -2.42. The molecule has 3 rings (SSSR count). The van der Waals surface area contributed by atoms with Gasteiger partial charge in [0, 0.05) is 17.0 Å². The second-order valence-corrected chi connectivity index (χ2v) is 10.0. The predicted molar refractivity (Wildman–Crippen MR) is 109 cm³/mol. The lowest BCUT2D eigenvalue weighted by atomic mass is 10.1. The van der Waals surface area contributed by atoms with Gasteiger partial charge in [0.15, 0.2) is 5.13 Å². The molecule has 1 unspecified atom stereocenters. The third-order valence-corrected chi connectivity index (χ3v) is 6.90. The Morgan fingerprint density at radius 1 is 1.33 bits per heavy atom. The molecule has 0 aliphatic carbocycles. The van der Waals surface area contributed by atoms with Crippen LogP contribution in [0.4, 0.5) is 5.13 Å². The van der Waals surface area contributed by atoms with Crippen molar-refractivity contribution in [1.29, 1.82) is 0 Å². The molecule has 27 heavy (non-hydrogen) atoms. The lowest BCUT2D eigenvalue weighted by Gasteiger charge is -2.20. The maximum Gasteiger partial charge on any atom is 0.244 e. The molecule has 0 spiro atoms. The molecule has 0 bridgehead atoms. The van der Waals surface area contributed by atoms with Crippen molar-refractivity contribution < 1.29 is 13.2 Å². The fraction of sp³-hybridized carbons (Fsp3) is 0.474. The van der Waals surface area contributed by atoms with E-state index in [-0.39, 0.29) is 5.91 Å². The Morgan fingerprint density at radius 2 is 2.04 bits per heavy atom. The van der Waals surface area contributed by atoms with Gasteiger partial charge < -0.3 is 5.32 Å². The van der Waals surface area contributed by atoms with Crippen LogP contribution in [0.15, 0.2) is 24.3 Å². The van der Waals surface area contributed by atoms with Crippen LogP contribution in [0, 0.1) is 6.92 Å². The summed E-state index contributed by atoms with van der Waals surface area (Å²) in [6.07, 6.45) is 4.53. The molecule has 8 heteroatoms. The molecule has 1 saturated heterocycles. The molecule has 2 aromatic rings. The van der Waals surface area contributed by atoms with Crippen LogP contribution in [0.1, 0.15) is 36.6 Å². The van der Waals surface area contributed by atoms with Crippen molar-refractivity contribution in [2.45, 2.75) is 45.6 Å². The van der Waals surface area contributed by atoms with Gasteiger partial charge >= 0.3 is 0 Å². The lowest BCUT2D eigenvalue weighted by molar-refractivity contribution is -0.119. The molecular formula is C19H25N3O3S2. The van der Waals surface area contributed by atoms with E-state index in [4.69, 9.17) is 0 Å². The second kappa shape index (κ2) is 8.08. The maximum atomic E-state index is 12.6. The van der Waals surface area contributed by atoms with Crippen molar-refractivity contribution in [2.24, 2.45) is 0 Å². The van der Waals surface area contributed by atoms with Crippen molar-refractivity contribution in [3.8, 4) is 11.3 Å². The summed E-state index contributed by atoms with van der Waals surface area (Å²) < 4.78 is 25.0. The number of carbonyl (C=O) groups excluding carboxylic acids is 1. The highest BCUT2D eigenvalue weighted by Crippen LogP contribution is 2.31. The first-order valence-electron chi connectivity index (χ1n) is 9.14. The average molecular weight is 408 g/mol. The third kappa shape index (κ3) is 4.56. The molecule has 146 valence electrons. The number of carbonyl (C=O) groups is 1. The summed E-state index contributed by atoms with van der Waals surface area (Å²) in [6, 6.07) is 7.68. The standard InChI is InChI=1S/C19H25N3O3S2/c1-4-6-14-8-10-15(11-9-14)17-13(2)26-19(20-17)21-18(23)16-7-5-12-22(16)27(3,24)25/h8-11,16H,4-7,12H2,1-3H3,(H,20,21,23). The first kappa shape index (κ1) is 20.0. The minimum Gasteiger partial charge on any atom is -0.301 e. The monoisotopic (exact) mass is 407 g/mol. The highest BCUT2D eigenvalue weighted by molar-refractivity contribution is 7.88. The molecule has 1 aromatic carbocycles. The summed E-state index contributed by atoms with van der Waals surface area (Å²) in [5.74, 6) is -0.309. The molecule has 1 fully saturated rings. The molecular weight excluding hydrogens is 382 g/mol. The van der Waals surface area contributed by atoms with E-state index < -0.39 is 16.1 Å². The number of hydrogen-bond acceptors (Lipinski definition) is 5. The van der Waals surface area contributed by atoms with Crippen LogP contribution >= 0.6 is 11.3 Å². The summed E-state index contributed by atoms with van der Waals surface area (Å²) in [7, 11) is -3.39. The largest absolute Gasteiger partial charge is 0.301 e. The van der Waals surface area contributed by atoms with E-state index >= 15 is 0 Å². The van der Waals surface area contributed by atoms with Gasteiger partial charge in [-0.3, -0.25) is 4.79 Å². The Kier molecular flexibility index (Phi) is 5.98. The van der Waals surface area contributed by atoms with Crippen LogP contribution in [0.2, 0.25) is 0 Å². The Morgan fingerprint density at radius 3 is 2.67 bits per heavy atom. The molecule has 2 heterocycles. The molecule has 6 nitrogen and oxygen atoms in total. The Balaban J connectivity index is 1.75. The van der Waals surface area contributed by atoms with Crippen LogP contribution in [0.25, 0.3) is 11.3 Å². The number of nitrogens with one attached hydrogen (secondary N) is 1. The fourth-order valence-corrected chi connectivity index (χ4v) is 5.39. The van der Waals surface area contributed by atoms with Gasteiger partial charge in [-0.05, 0) is 31.7 Å². The maximum absolute atomic E-state index is 12.6. The molecule has 1 atom stereocenters. The number of thiazole rings is 1. The summed E-state index contributed by atoms with van der Waals surface area (Å²) >= 11 is 1.41. The minimum absolute atomic E-state index is 0.309. The van der Waals surface area contributed by atoms with E-state index in [1.807, 2.05) is 6.92 Å². The number of sulfonamides is 1. The third-order valence-electron chi connectivity index (χ3n) is 4.73. The second-order valence-electron chi connectivity index (χ2n) is 6.89. The minimum atomic E-state index is -3.39. The van der Waals surface area contributed by atoms with E-state index in [2.05, 4.69) is 41.5 Å². The van der Waals surface area contributed by atoms with Crippen LogP contribution in [0.3, 0.4) is 0 Å². The number of nitrogens with zero attached hydrogens (tertiary/aromatic N) is 2. The van der Waals surface area contributed by atoms with Crippen LogP contribution in [-0.2, 0) is 21.2 Å². The van der Waals surface area contributed by atoms with Gasteiger partial charge in [-0.15, -0.1) is 11.3 Å². The summed E-state index contributed by atoms with van der Waals surface area (Å²) in [5.41, 5.74) is 3.16. The normalized spacial score (nSPS) is 18.0. The molecule has 1 aliphatic heterocycles. The topological polar surface area (TPSA) is 79.4 Å². The van der Waals surface area contributed by atoms with Crippen molar-refractivity contribution >= 4 is 32.4 Å². The Labute approximate surface area is 164 Å². The smallest absolute Gasteiger partial charge is 0.244 e. The number of benzene rings is 1. The van der Waals surface area contributed by atoms with Crippen LogP contribution in [-0.4, -0.2) is 42.5 Å². The van der Waals surface area contributed by atoms with E-state index in [1.165, 1.54) is 21.2 Å². The first-order chi connectivity index (χ1) is 12.8. The van der Waals surface area contributed by atoms with Gasteiger partial charge in [0.1, 0.15) is 6.04 Å². The summed E-state index contributed by atoms with van der Waals surface area (Å²) in [6.45, 7) is 4.52. The number of anilines is 1. The van der Waals surface area contributed by atoms with Gasteiger partial charge in [-0.25, -0.2) is 13.4 Å². The van der Waals surface area contributed by atoms with Gasteiger partial charge in [-0.1, -0.05) is 37.6 Å². The highest BCUT2D eigenvalue weighted by Gasteiger charge is 2.36. The van der Waals surface area contributed by atoms with E-state index in [0.717, 1.165) is 35.2 Å². The van der Waals surface area contributed by atoms with E-state index in [9.17, 15) is 13.2 Å². The van der Waals surface area contributed by atoms with Gasteiger partial charge in [0.25, 0.3) is 0 Å². The molecule has 0 radical (unpaired) electrons. The van der Waals surface area contributed by atoms with Gasteiger partial charge in [0.2, 0.25) is 15.9 Å². The van der Waals surface area contributed by atoms with Crippen molar-refractivity contribution in [2.75, 3.05) is 18.1 Å². The Bertz CT molecular complexity index is 920. The van der Waals surface area contributed by atoms with Crippen molar-refractivity contribution in [3.05, 3.63) is 34.7 Å². The highest BCUT2D eigenvalue weighted by atomic mass is 32.2. The Hall–Kier alpha value is -1.77. The van der Waals surface area contributed by atoms with Crippen molar-refractivity contribution in [3.63, 3.8) is 0 Å².